The average molecular weight is 173 g/mol. The molecule has 1 aliphatic rings. The molecule has 1 rings (SSSR count). The smallest absolute Gasteiger partial charge is 0.338 e. The van der Waals surface area contributed by atoms with E-state index in [2.05, 4.69) is 0 Å². The molecule has 0 atom stereocenters. The molecular weight excluding hydrogens is 158 g/mol. The number of likely N-dealkylation sites (tertiary alicyclic amines) is 1. The van der Waals surface area contributed by atoms with Crippen molar-refractivity contribution in [2.24, 2.45) is 0 Å². The van der Waals surface area contributed by atoms with Crippen molar-refractivity contribution >= 4 is 5.97 Å². The fraction of sp³-hybridized carbons (Fsp3) is 0.875. The summed E-state index contributed by atoms with van der Waals surface area (Å²) in [5.41, 5.74) is -1.56. The van der Waals surface area contributed by atoms with Crippen molar-refractivity contribution in [1.82, 2.24) is 4.90 Å². The summed E-state index contributed by atoms with van der Waals surface area (Å²) in [6, 6.07) is 0. The fourth-order valence-corrected chi connectivity index (χ4v) is 1.19. The Labute approximate surface area is 71.8 Å². The van der Waals surface area contributed by atoms with E-state index in [1.807, 2.05) is 25.7 Å². The Morgan fingerprint density at radius 1 is 1.42 bits per heavy atom. The quantitative estimate of drug-likeness (QED) is 0.582. The summed E-state index contributed by atoms with van der Waals surface area (Å²) in [6.45, 7) is 6.44. The van der Waals surface area contributed by atoms with Crippen molar-refractivity contribution in [3.05, 3.63) is 0 Å². The molecule has 1 fully saturated rings. The van der Waals surface area contributed by atoms with E-state index in [1.165, 1.54) is 0 Å². The number of nitrogens with zero attached hydrogens (tertiary/aromatic N) is 1. The molecule has 4 heteroatoms. The predicted octanol–water partition coefficient (Wildman–Crippen LogP) is -0.0838. The Bertz CT molecular complexity index is 201. The zero-order chi connectivity index (χ0) is 9.57. The van der Waals surface area contributed by atoms with Crippen molar-refractivity contribution in [2.75, 3.05) is 13.1 Å². The fourth-order valence-electron chi connectivity index (χ4n) is 1.19. The van der Waals surface area contributed by atoms with E-state index >= 15 is 0 Å². The molecule has 0 amide bonds. The van der Waals surface area contributed by atoms with Crippen LogP contribution in [0.2, 0.25) is 0 Å². The molecule has 4 nitrogen and oxygen atoms in total. The molecule has 0 spiro atoms. The van der Waals surface area contributed by atoms with Crippen LogP contribution >= 0.6 is 0 Å². The number of aliphatic hydroxyl groups is 1. The maximum Gasteiger partial charge on any atom is 0.338 e. The second-order valence-electron chi connectivity index (χ2n) is 4.36. The number of hydrogen-bond acceptors (Lipinski definition) is 3. The number of rotatable bonds is 1. The van der Waals surface area contributed by atoms with E-state index in [0.717, 1.165) is 0 Å². The molecular formula is C8H15NO3. The van der Waals surface area contributed by atoms with E-state index in [9.17, 15) is 9.90 Å². The van der Waals surface area contributed by atoms with Crippen LogP contribution in [0.3, 0.4) is 0 Å². The Morgan fingerprint density at radius 2 is 1.83 bits per heavy atom. The van der Waals surface area contributed by atoms with Gasteiger partial charge in [0.15, 0.2) is 5.60 Å². The van der Waals surface area contributed by atoms with Gasteiger partial charge < -0.3 is 10.2 Å². The van der Waals surface area contributed by atoms with Crippen molar-refractivity contribution in [3.8, 4) is 0 Å². The molecule has 1 aliphatic heterocycles. The molecule has 70 valence electrons. The van der Waals surface area contributed by atoms with Crippen molar-refractivity contribution in [2.45, 2.75) is 31.9 Å². The lowest BCUT2D eigenvalue weighted by molar-refractivity contribution is -0.185. The van der Waals surface area contributed by atoms with E-state index in [4.69, 9.17) is 5.11 Å². The first-order chi connectivity index (χ1) is 5.26. The van der Waals surface area contributed by atoms with Crippen LogP contribution in [0.25, 0.3) is 0 Å². The SMILES string of the molecule is CC(C)(C)N1CC(O)(C(=O)O)C1. The van der Waals surface area contributed by atoms with Crippen LogP contribution in [0.4, 0.5) is 0 Å². The summed E-state index contributed by atoms with van der Waals surface area (Å²) in [5, 5.41) is 18.0. The standard InChI is InChI=1S/C8H15NO3/c1-7(2,3)9-4-8(12,5-9)6(10)11/h12H,4-5H2,1-3H3,(H,10,11). The van der Waals surface area contributed by atoms with E-state index < -0.39 is 11.6 Å². The van der Waals surface area contributed by atoms with Gasteiger partial charge in [0, 0.05) is 18.6 Å². The van der Waals surface area contributed by atoms with Gasteiger partial charge >= 0.3 is 5.97 Å². The molecule has 2 N–H and O–H groups in total. The molecule has 0 aromatic heterocycles. The second kappa shape index (κ2) is 2.44. The molecule has 0 unspecified atom stereocenters. The summed E-state index contributed by atoms with van der Waals surface area (Å²) in [4.78, 5) is 12.4. The van der Waals surface area contributed by atoms with Crippen LogP contribution in [0.15, 0.2) is 0 Å². The molecule has 1 saturated heterocycles. The van der Waals surface area contributed by atoms with Crippen molar-refractivity contribution < 1.29 is 15.0 Å². The van der Waals surface area contributed by atoms with Gasteiger partial charge in [0.1, 0.15) is 0 Å². The number of aliphatic carboxylic acids is 1. The predicted molar refractivity (Wildman–Crippen MR) is 43.9 cm³/mol. The van der Waals surface area contributed by atoms with Gasteiger partial charge in [0.2, 0.25) is 0 Å². The third-order valence-corrected chi connectivity index (χ3v) is 2.25. The number of β-amino-alcohol motifs (C(OH)–C–C–N with tert-alkyl or cyclic N) is 1. The van der Waals surface area contributed by atoms with Crippen LogP contribution in [0.5, 0.6) is 0 Å². The van der Waals surface area contributed by atoms with Crippen LogP contribution in [0.1, 0.15) is 20.8 Å². The topological polar surface area (TPSA) is 60.8 Å². The first kappa shape index (κ1) is 9.48. The van der Waals surface area contributed by atoms with E-state index in [0.29, 0.717) is 0 Å². The molecule has 12 heavy (non-hydrogen) atoms. The van der Waals surface area contributed by atoms with E-state index in [1.54, 1.807) is 0 Å². The Kier molecular flexibility index (Phi) is 1.92. The Hall–Kier alpha value is -0.610. The zero-order valence-corrected chi connectivity index (χ0v) is 7.66. The summed E-state index contributed by atoms with van der Waals surface area (Å²) in [5.74, 6) is -1.12. The van der Waals surface area contributed by atoms with Crippen molar-refractivity contribution in [3.63, 3.8) is 0 Å². The van der Waals surface area contributed by atoms with Crippen LogP contribution in [0, 0.1) is 0 Å². The van der Waals surface area contributed by atoms with Gasteiger partial charge in [-0.15, -0.1) is 0 Å². The molecule has 0 aromatic carbocycles. The zero-order valence-electron chi connectivity index (χ0n) is 7.66. The van der Waals surface area contributed by atoms with Gasteiger partial charge in [0.25, 0.3) is 0 Å². The number of carboxylic acids is 1. The van der Waals surface area contributed by atoms with Crippen LogP contribution in [-0.2, 0) is 4.79 Å². The average Bonchev–Trinajstić information content (AvgIpc) is 1.77. The number of carbonyl (C=O) groups is 1. The number of carboxylic acid groups (broad SMARTS) is 1. The first-order valence-electron chi connectivity index (χ1n) is 3.96. The van der Waals surface area contributed by atoms with Crippen molar-refractivity contribution in [1.29, 1.82) is 0 Å². The number of hydrogen-bond donors (Lipinski definition) is 2. The maximum absolute atomic E-state index is 10.5. The van der Waals surface area contributed by atoms with Crippen LogP contribution in [-0.4, -0.2) is 45.3 Å². The molecule has 0 bridgehead atoms. The highest BCUT2D eigenvalue weighted by Crippen LogP contribution is 2.28. The lowest BCUT2D eigenvalue weighted by atomic mass is 9.88. The van der Waals surface area contributed by atoms with Gasteiger partial charge in [-0.3, -0.25) is 4.90 Å². The highest BCUT2D eigenvalue weighted by atomic mass is 16.4. The van der Waals surface area contributed by atoms with E-state index in [-0.39, 0.29) is 18.6 Å². The summed E-state index contributed by atoms with van der Waals surface area (Å²) in [6.07, 6.45) is 0. The third kappa shape index (κ3) is 1.44. The molecule has 0 radical (unpaired) electrons. The van der Waals surface area contributed by atoms with Gasteiger partial charge in [-0.1, -0.05) is 0 Å². The highest BCUT2D eigenvalue weighted by Gasteiger charge is 2.51. The molecule has 0 aromatic rings. The monoisotopic (exact) mass is 173 g/mol. The Morgan fingerprint density at radius 3 is 2.08 bits per heavy atom. The third-order valence-electron chi connectivity index (χ3n) is 2.25. The normalized spacial score (nSPS) is 23.3. The minimum Gasteiger partial charge on any atom is -0.479 e. The molecule has 0 saturated carbocycles. The van der Waals surface area contributed by atoms with Crippen LogP contribution < -0.4 is 0 Å². The minimum atomic E-state index is -1.51. The lowest BCUT2D eigenvalue weighted by Crippen LogP contribution is -2.70. The van der Waals surface area contributed by atoms with Gasteiger partial charge in [-0.25, -0.2) is 4.79 Å². The summed E-state index contributed by atoms with van der Waals surface area (Å²) in [7, 11) is 0. The lowest BCUT2D eigenvalue weighted by Gasteiger charge is -2.50. The highest BCUT2D eigenvalue weighted by molar-refractivity contribution is 5.79. The van der Waals surface area contributed by atoms with Gasteiger partial charge in [-0.2, -0.15) is 0 Å². The summed E-state index contributed by atoms with van der Waals surface area (Å²) >= 11 is 0. The largest absolute Gasteiger partial charge is 0.479 e. The first-order valence-corrected chi connectivity index (χ1v) is 3.96. The summed E-state index contributed by atoms with van der Waals surface area (Å²) < 4.78 is 0. The molecule has 0 aliphatic carbocycles. The van der Waals surface area contributed by atoms with Gasteiger partial charge in [0.05, 0.1) is 0 Å². The molecule has 1 heterocycles. The minimum absolute atomic E-state index is 0.0539. The Balaban J connectivity index is 2.53. The van der Waals surface area contributed by atoms with Gasteiger partial charge in [-0.05, 0) is 20.8 Å². The maximum atomic E-state index is 10.5. The second-order valence-corrected chi connectivity index (χ2v) is 4.36.